The van der Waals surface area contributed by atoms with Crippen LogP contribution in [0.15, 0.2) is 76.1 Å². The summed E-state index contributed by atoms with van der Waals surface area (Å²) in [4.78, 5) is 33.0. The number of amides is 1. The molecule has 1 atom stereocenters. The second-order valence-corrected chi connectivity index (χ2v) is 9.39. The normalized spacial score (nSPS) is 15.9. The Morgan fingerprint density at radius 2 is 1.75 bits per heavy atom. The fourth-order valence-electron chi connectivity index (χ4n) is 4.16. The van der Waals surface area contributed by atoms with Crippen LogP contribution in [0.4, 0.5) is 5.82 Å². The molecule has 2 aromatic heterocycles. The number of anilines is 1. The zero-order valence-electron chi connectivity index (χ0n) is 17.9. The fraction of sp³-hybridized carbons (Fsp3) is 0.192. The van der Waals surface area contributed by atoms with Gasteiger partial charge in [-0.25, -0.2) is 4.98 Å². The van der Waals surface area contributed by atoms with E-state index in [0.717, 1.165) is 11.1 Å². The Morgan fingerprint density at radius 1 is 1.00 bits per heavy atom. The monoisotopic (exact) mass is 444 g/mol. The summed E-state index contributed by atoms with van der Waals surface area (Å²) in [6.45, 7) is 6.42. The summed E-state index contributed by atoms with van der Waals surface area (Å²) in [5.41, 5.74) is 2.32. The van der Waals surface area contributed by atoms with Crippen LogP contribution < -0.4 is 10.3 Å². The van der Waals surface area contributed by atoms with Crippen molar-refractivity contribution in [3.05, 3.63) is 105 Å². The predicted molar refractivity (Wildman–Crippen MR) is 126 cm³/mol. The molecule has 0 radical (unpaired) electrons. The predicted octanol–water partition coefficient (Wildman–Crippen LogP) is 5.89. The molecule has 1 amide bonds. The first-order valence-corrected chi connectivity index (χ1v) is 10.7. The minimum atomic E-state index is -0.652. The molecule has 0 bridgehead atoms. The molecule has 0 N–H and O–H groups in total. The lowest BCUT2D eigenvalue weighted by molar-refractivity contribution is 0.0970. The number of benzene rings is 2. The molecular weight excluding hydrogens is 424 g/mol. The molecule has 5 nitrogen and oxygen atoms in total. The first kappa shape index (κ1) is 20.5. The highest BCUT2D eigenvalue weighted by atomic mass is 35.5. The number of pyridine rings is 1. The summed E-state index contributed by atoms with van der Waals surface area (Å²) in [6.07, 6.45) is 1.62. The average Bonchev–Trinajstić information content (AvgIpc) is 3.07. The van der Waals surface area contributed by atoms with Gasteiger partial charge in [-0.3, -0.25) is 14.5 Å². The van der Waals surface area contributed by atoms with E-state index in [1.165, 1.54) is 4.90 Å². The minimum Gasteiger partial charge on any atom is -0.450 e. The number of nitrogens with zero attached hydrogens (tertiary/aromatic N) is 2. The van der Waals surface area contributed by atoms with Crippen molar-refractivity contribution in [3.8, 4) is 0 Å². The van der Waals surface area contributed by atoms with E-state index in [9.17, 15) is 9.59 Å². The van der Waals surface area contributed by atoms with Gasteiger partial charge < -0.3 is 4.42 Å². The molecule has 3 heterocycles. The number of hydrogen-bond donors (Lipinski definition) is 0. The van der Waals surface area contributed by atoms with E-state index in [4.69, 9.17) is 16.0 Å². The highest BCUT2D eigenvalue weighted by molar-refractivity contribution is 6.31. The zero-order valence-corrected chi connectivity index (χ0v) is 18.7. The van der Waals surface area contributed by atoms with Crippen molar-refractivity contribution in [1.82, 2.24) is 4.98 Å². The second kappa shape index (κ2) is 7.31. The SMILES string of the molecule is CC(C)(C)c1ccc([C@@H]2c3c(oc4ccc(Cl)cc4c3=O)C(=O)N2c2ccccn2)cc1. The highest BCUT2D eigenvalue weighted by Crippen LogP contribution is 2.41. The van der Waals surface area contributed by atoms with Crippen LogP contribution >= 0.6 is 11.6 Å². The van der Waals surface area contributed by atoms with E-state index in [1.54, 1.807) is 36.5 Å². The zero-order chi connectivity index (χ0) is 22.6. The molecule has 160 valence electrons. The number of fused-ring (bicyclic) bond motifs is 2. The molecule has 6 heteroatoms. The Kier molecular flexibility index (Phi) is 4.68. The number of carbonyl (C=O) groups is 1. The molecular formula is C26H21ClN2O3. The Labute approximate surface area is 190 Å². The molecule has 0 fully saturated rings. The summed E-state index contributed by atoms with van der Waals surface area (Å²) in [5.74, 6) is 0.105. The van der Waals surface area contributed by atoms with Crippen LogP contribution in [0.3, 0.4) is 0 Å². The van der Waals surface area contributed by atoms with Gasteiger partial charge in [-0.15, -0.1) is 0 Å². The van der Waals surface area contributed by atoms with Crippen molar-refractivity contribution in [1.29, 1.82) is 0 Å². The summed E-state index contributed by atoms with van der Waals surface area (Å²) in [5, 5.41) is 0.782. The van der Waals surface area contributed by atoms with E-state index in [-0.39, 0.29) is 16.6 Å². The molecule has 0 unspecified atom stereocenters. The lowest BCUT2D eigenvalue weighted by Gasteiger charge is -2.25. The maximum Gasteiger partial charge on any atom is 0.296 e. The van der Waals surface area contributed by atoms with Crippen molar-refractivity contribution in [3.63, 3.8) is 0 Å². The Hall–Kier alpha value is -3.44. The van der Waals surface area contributed by atoms with E-state index in [1.807, 2.05) is 30.3 Å². The van der Waals surface area contributed by atoms with Gasteiger partial charge in [0.05, 0.1) is 17.0 Å². The molecule has 4 aromatic rings. The third-order valence-electron chi connectivity index (χ3n) is 5.82. The summed E-state index contributed by atoms with van der Waals surface area (Å²) in [7, 11) is 0. The molecule has 1 aliphatic heterocycles. The van der Waals surface area contributed by atoms with Gasteiger partial charge in [-0.2, -0.15) is 0 Å². The van der Waals surface area contributed by atoms with Crippen LogP contribution in [0.25, 0.3) is 11.0 Å². The Balaban J connectivity index is 1.77. The quantitative estimate of drug-likeness (QED) is 0.386. The number of aromatic nitrogens is 1. The number of hydrogen-bond acceptors (Lipinski definition) is 4. The molecule has 0 saturated heterocycles. The van der Waals surface area contributed by atoms with Crippen LogP contribution in [0.2, 0.25) is 5.02 Å². The lowest BCUT2D eigenvalue weighted by atomic mass is 9.86. The van der Waals surface area contributed by atoms with Gasteiger partial charge in [-0.05, 0) is 46.9 Å². The van der Waals surface area contributed by atoms with Gasteiger partial charge in [0.1, 0.15) is 11.4 Å². The molecule has 1 aliphatic rings. The van der Waals surface area contributed by atoms with Gasteiger partial charge in [0.15, 0.2) is 5.43 Å². The van der Waals surface area contributed by atoms with E-state index >= 15 is 0 Å². The largest absolute Gasteiger partial charge is 0.450 e. The van der Waals surface area contributed by atoms with Gasteiger partial charge in [-0.1, -0.05) is 62.7 Å². The van der Waals surface area contributed by atoms with Gasteiger partial charge in [0.2, 0.25) is 5.76 Å². The molecule has 32 heavy (non-hydrogen) atoms. The van der Waals surface area contributed by atoms with Crippen molar-refractivity contribution in [2.45, 2.75) is 32.2 Å². The summed E-state index contributed by atoms with van der Waals surface area (Å²) >= 11 is 6.14. The average molecular weight is 445 g/mol. The van der Waals surface area contributed by atoms with Crippen LogP contribution in [0.5, 0.6) is 0 Å². The van der Waals surface area contributed by atoms with Gasteiger partial charge >= 0.3 is 0 Å². The highest BCUT2D eigenvalue weighted by Gasteiger charge is 2.44. The van der Waals surface area contributed by atoms with Crippen LogP contribution in [0, 0.1) is 0 Å². The maximum atomic E-state index is 13.6. The summed E-state index contributed by atoms with van der Waals surface area (Å²) < 4.78 is 5.96. The molecule has 2 aromatic carbocycles. The van der Waals surface area contributed by atoms with E-state index < -0.39 is 11.9 Å². The number of halogens is 1. The van der Waals surface area contributed by atoms with Crippen molar-refractivity contribution in [2.24, 2.45) is 0 Å². The van der Waals surface area contributed by atoms with Gasteiger partial charge in [0, 0.05) is 11.2 Å². The third-order valence-corrected chi connectivity index (χ3v) is 6.06. The maximum absolute atomic E-state index is 13.6. The third kappa shape index (κ3) is 3.21. The molecule has 0 saturated carbocycles. The topological polar surface area (TPSA) is 63.4 Å². The van der Waals surface area contributed by atoms with Crippen molar-refractivity contribution in [2.75, 3.05) is 4.90 Å². The number of carbonyl (C=O) groups excluding carboxylic acids is 1. The van der Waals surface area contributed by atoms with Crippen molar-refractivity contribution >= 4 is 34.3 Å². The molecule has 5 rings (SSSR count). The van der Waals surface area contributed by atoms with Crippen molar-refractivity contribution < 1.29 is 9.21 Å². The molecule has 0 aliphatic carbocycles. The first-order valence-electron chi connectivity index (χ1n) is 10.4. The second-order valence-electron chi connectivity index (χ2n) is 8.95. The lowest BCUT2D eigenvalue weighted by Crippen LogP contribution is -2.30. The van der Waals surface area contributed by atoms with Crippen LogP contribution in [-0.4, -0.2) is 10.9 Å². The smallest absolute Gasteiger partial charge is 0.296 e. The van der Waals surface area contributed by atoms with Crippen LogP contribution in [-0.2, 0) is 5.41 Å². The van der Waals surface area contributed by atoms with E-state index in [0.29, 0.717) is 27.4 Å². The fourth-order valence-corrected chi connectivity index (χ4v) is 4.33. The van der Waals surface area contributed by atoms with Gasteiger partial charge in [0.25, 0.3) is 5.91 Å². The first-order chi connectivity index (χ1) is 15.3. The van der Waals surface area contributed by atoms with E-state index in [2.05, 4.69) is 25.8 Å². The Bertz CT molecular complexity index is 1400. The standard InChI is InChI=1S/C26H21ClN2O3/c1-26(2,3)16-9-7-15(8-10-16)22-21-23(30)18-14-17(27)11-12-19(18)32-24(21)25(31)29(22)20-6-4-5-13-28-20/h4-14,22H,1-3H3/t22-/m1/s1. The summed E-state index contributed by atoms with van der Waals surface area (Å²) in [6, 6.07) is 17.5. The number of rotatable bonds is 2. The Morgan fingerprint density at radius 3 is 2.41 bits per heavy atom. The minimum absolute atomic E-state index is 0.0193. The van der Waals surface area contributed by atoms with Crippen LogP contribution in [0.1, 0.15) is 54.1 Å². The molecule has 0 spiro atoms.